The van der Waals surface area contributed by atoms with Crippen LogP contribution in [0.5, 0.6) is 0 Å². The Morgan fingerprint density at radius 3 is 2.74 bits per heavy atom. The molecule has 1 heterocycles. The van der Waals surface area contributed by atoms with Gasteiger partial charge in [0, 0.05) is 19.7 Å². The van der Waals surface area contributed by atoms with Gasteiger partial charge in [0.05, 0.1) is 5.39 Å². The maximum Gasteiger partial charge on any atom is 0.199 e. The van der Waals surface area contributed by atoms with Crippen LogP contribution in [0.2, 0.25) is 0 Å². The summed E-state index contributed by atoms with van der Waals surface area (Å²) in [4.78, 5) is 14.3. The van der Waals surface area contributed by atoms with Crippen LogP contribution in [0.4, 0.5) is 5.88 Å². The Bertz CT molecular complexity index is 805. The fraction of sp³-hybridized carbons (Fsp3) is 0.188. The van der Waals surface area contributed by atoms with Crippen molar-refractivity contribution >= 4 is 27.6 Å². The molecule has 0 amide bonds. The molecule has 0 saturated carbocycles. The van der Waals surface area contributed by atoms with E-state index in [0.29, 0.717) is 16.9 Å². The highest BCUT2D eigenvalue weighted by Gasteiger charge is 2.10. The van der Waals surface area contributed by atoms with Crippen LogP contribution in [-0.4, -0.2) is 13.6 Å². The van der Waals surface area contributed by atoms with E-state index in [1.54, 1.807) is 6.07 Å². The van der Waals surface area contributed by atoms with E-state index in [-0.39, 0.29) is 5.43 Å². The van der Waals surface area contributed by atoms with Crippen molar-refractivity contribution in [3.8, 4) is 0 Å². The second-order valence-corrected chi connectivity index (χ2v) is 4.62. The van der Waals surface area contributed by atoms with Gasteiger partial charge in [-0.3, -0.25) is 4.79 Å². The van der Waals surface area contributed by atoms with Crippen molar-refractivity contribution in [2.24, 2.45) is 0 Å². The maximum absolute atomic E-state index is 12.3. The SMILES string of the molecule is CCN(C)c1cc(=O)c2c(ccc3ccccc32)o1. The largest absolute Gasteiger partial charge is 0.440 e. The van der Waals surface area contributed by atoms with Gasteiger partial charge in [-0.15, -0.1) is 0 Å². The Hall–Kier alpha value is -2.29. The molecular formula is C16H15NO2. The van der Waals surface area contributed by atoms with Gasteiger partial charge in [-0.25, -0.2) is 0 Å². The van der Waals surface area contributed by atoms with Crippen molar-refractivity contribution in [3.05, 3.63) is 52.7 Å². The molecule has 0 saturated heterocycles. The van der Waals surface area contributed by atoms with Crippen molar-refractivity contribution in [1.29, 1.82) is 0 Å². The van der Waals surface area contributed by atoms with Crippen molar-refractivity contribution in [2.75, 3.05) is 18.5 Å². The van der Waals surface area contributed by atoms with E-state index in [1.165, 1.54) is 0 Å². The van der Waals surface area contributed by atoms with Gasteiger partial charge in [0.25, 0.3) is 0 Å². The summed E-state index contributed by atoms with van der Waals surface area (Å²) in [5, 5.41) is 2.66. The summed E-state index contributed by atoms with van der Waals surface area (Å²) in [7, 11) is 1.91. The van der Waals surface area contributed by atoms with E-state index in [2.05, 4.69) is 0 Å². The summed E-state index contributed by atoms with van der Waals surface area (Å²) in [6.07, 6.45) is 0. The van der Waals surface area contributed by atoms with Crippen LogP contribution >= 0.6 is 0 Å². The summed E-state index contributed by atoms with van der Waals surface area (Å²) in [5.74, 6) is 0.607. The van der Waals surface area contributed by atoms with Gasteiger partial charge in [0.2, 0.25) is 0 Å². The first kappa shape index (κ1) is 11.8. The highest BCUT2D eigenvalue weighted by atomic mass is 16.4. The minimum Gasteiger partial charge on any atom is -0.440 e. The van der Waals surface area contributed by atoms with Crippen LogP contribution in [0, 0.1) is 0 Å². The molecule has 19 heavy (non-hydrogen) atoms. The molecule has 3 rings (SSSR count). The molecule has 0 bridgehead atoms. The number of rotatable bonds is 2. The number of hydrogen-bond acceptors (Lipinski definition) is 3. The summed E-state index contributed by atoms with van der Waals surface area (Å²) >= 11 is 0. The molecule has 2 aromatic carbocycles. The molecule has 0 spiro atoms. The molecule has 1 aromatic heterocycles. The number of anilines is 1. The van der Waals surface area contributed by atoms with E-state index in [4.69, 9.17) is 4.42 Å². The minimum absolute atomic E-state index is 0.00773. The van der Waals surface area contributed by atoms with Crippen LogP contribution in [0.15, 0.2) is 51.7 Å². The van der Waals surface area contributed by atoms with E-state index in [9.17, 15) is 4.79 Å². The number of fused-ring (bicyclic) bond motifs is 3. The molecule has 0 radical (unpaired) electrons. The molecule has 0 aliphatic heterocycles. The van der Waals surface area contributed by atoms with Gasteiger partial charge in [-0.1, -0.05) is 30.3 Å². The van der Waals surface area contributed by atoms with Crippen LogP contribution in [0.1, 0.15) is 6.92 Å². The van der Waals surface area contributed by atoms with E-state index < -0.39 is 0 Å². The molecule has 3 heteroatoms. The van der Waals surface area contributed by atoms with Crippen LogP contribution in [-0.2, 0) is 0 Å². The lowest BCUT2D eigenvalue weighted by atomic mass is 10.1. The Morgan fingerprint density at radius 1 is 1.16 bits per heavy atom. The first-order valence-electron chi connectivity index (χ1n) is 6.37. The van der Waals surface area contributed by atoms with Crippen LogP contribution < -0.4 is 10.3 Å². The zero-order valence-corrected chi connectivity index (χ0v) is 11.0. The zero-order valence-electron chi connectivity index (χ0n) is 11.0. The molecule has 0 N–H and O–H groups in total. The Labute approximate surface area is 111 Å². The Morgan fingerprint density at radius 2 is 1.95 bits per heavy atom. The highest BCUT2D eigenvalue weighted by molar-refractivity contribution is 6.05. The van der Waals surface area contributed by atoms with Gasteiger partial charge in [-0.2, -0.15) is 0 Å². The summed E-state index contributed by atoms with van der Waals surface area (Å²) in [6, 6.07) is 13.3. The normalized spacial score (nSPS) is 11.1. The third-order valence-corrected chi connectivity index (χ3v) is 3.46. The molecule has 0 unspecified atom stereocenters. The predicted molar refractivity (Wildman–Crippen MR) is 78.9 cm³/mol. The monoisotopic (exact) mass is 253 g/mol. The molecule has 0 fully saturated rings. The first-order chi connectivity index (χ1) is 9.20. The first-order valence-corrected chi connectivity index (χ1v) is 6.37. The van der Waals surface area contributed by atoms with Crippen molar-refractivity contribution in [1.82, 2.24) is 0 Å². The third kappa shape index (κ3) is 1.87. The van der Waals surface area contributed by atoms with Gasteiger partial charge < -0.3 is 9.32 Å². The number of hydrogen-bond donors (Lipinski definition) is 0. The lowest BCUT2D eigenvalue weighted by Crippen LogP contribution is -2.17. The topological polar surface area (TPSA) is 33.5 Å². The predicted octanol–water partition coefficient (Wildman–Crippen LogP) is 3.40. The molecule has 0 aliphatic rings. The Balaban J connectivity index is 2.40. The minimum atomic E-state index is 0.00773. The quantitative estimate of drug-likeness (QED) is 0.656. The average Bonchev–Trinajstić information content (AvgIpc) is 2.45. The molecule has 96 valence electrons. The standard InChI is InChI=1S/C16H15NO2/c1-3-17(2)15-10-13(18)16-12-7-5-4-6-11(12)8-9-14(16)19-15/h4-10H,3H2,1-2H3. The smallest absolute Gasteiger partial charge is 0.199 e. The molecule has 0 aliphatic carbocycles. The van der Waals surface area contributed by atoms with Crippen molar-refractivity contribution < 1.29 is 4.42 Å². The molecule has 3 aromatic rings. The van der Waals surface area contributed by atoms with E-state index >= 15 is 0 Å². The lowest BCUT2D eigenvalue weighted by Gasteiger charge is -2.15. The fourth-order valence-corrected chi connectivity index (χ4v) is 2.26. The summed E-state index contributed by atoms with van der Waals surface area (Å²) in [5.41, 5.74) is 0.648. The van der Waals surface area contributed by atoms with Crippen LogP contribution in [0.25, 0.3) is 21.7 Å². The fourth-order valence-electron chi connectivity index (χ4n) is 2.26. The van der Waals surface area contributed by atoms with Gasteiger partial charge in [0.1, 0.15) is 5.58 Å². The average molecular weight is 253 g/mol. The van der Waals surface area contributed by atoms with Crippen LogP contribution in [0.3, 0.4) is 0 Å². The van der Waals surface area contributed by atoms with Crippen molar-refractivity contribution in [3.63, 3.8) is 0 Å². The maximum atomic E-state index is 12.3. The van der Waals surface area contributed by atoms with E-state index in [1.807, 2.05) is 55.3 Å². The zero-order chi connectivity index (χ0) is 13.4. The lowest BCUT2D eigenvalue weighted by molar-refractivity contribution is 0.589. The second-order valence-electron chi connectivity index (χ2n) is 4.62. The third-order valence-electron chi connectivity index (χ3n) is 3.46. The molecular weight excluding hydrogens is 238 g/mol. The molecule has 0 atom stereocenters. The van der Waals surface area contributed by atoms with E-state index in [0.717, 1.165) is 17.3 Å². The number of benzene rings is 2. The van der Waals surface area contributed by atoms with Crippen molar-refractivity contribution in [2.45, 2.75) is 6.92 Å². The highest BCUT2D eigenvalue weighted by Crippen LogP contribution is 2.25. The second kappa shape index (κ2) is 4.43. The van der Waals surface area contributed by atoms with Gasteiger partial charge in [0.15, 0.2) is 11.3 Å². The number of nitrogens with zero attached hydrogens (tertiary/aromatic N) is 1. The summed E-state index contributed by atoms with van der Waals surface area (Å²) < 4.78 is 5.83. The summed E-state index contributed by atoms with van der Waals surface area (Å²) in [6.45, 7) is 2.81. The van der Waals surface area contributed by atoms with Gasteiger partial charge >= 0.3 is 0 Å². The Kier molecular flexibility index (Phi) is 2.75. The molecule has 3 nitrogen and oxygen atoms in total. The van der Waals surface area contributed by atoms with Gasteiger partial charge in [-0.05, 0) is 23.8 Å².